The number of aromatic amines is 1. The summed E-state index contributed by atoms with van der Waals surface area (Å²) in [6.07, 6.45) is -2.88. The van der Waals surface area contributed by atoms with Crippen molar-refractivity contribution in [2.24, 2.45) is 0 Å². The minimum absolute atomic E-state index is 0.0999. The number of hydrogen-bond donors (Lipinski definition) is 1. The van der Waals surface area contributed by atoms with Gasteiger partial charge in [-0.3, -0.25) is 5.10 Å². The van der Waals surface area contributed by atoms with E-state index in [2.05, 4.69) is 15.1 Å². The van der Waals surface area contributed by atoms with Crippen molar-refractivity contribution in [2.75, 3.05) is 0 Å². The highest BCUT2D eigenvalue weighted by molar-refractivity contribution is 6.32. The van der Waals surface area contributed by atoms with Crippen molar-refractivity contribution >= 4 is 19.0 Å². The number of halogens is 3. The SMILES string of the molecule is [B]c1ccn2c(C)c(-c3n[nH]c(C(F)(F)F)n3)nc2c1. The highest BCUT2D eigenvalue weighted by atomic mass is 19.4. The molecule has 3 aromatic heterocycles. The number of rotatable bonds is 1. The zero-order valence-electron chi connectivity index (χ0n) is 10.2. The summed E-state index contributed by atoms with van der Waals surface area (Å²) >= 11 is 0. The fourth-order valence-electron chi connectivity index (χ4n) is 1.89. The van der Waals surface area contributed by atoms with Crippen LogP contribution >= 0.6 is 0 Å². The number of nitrogens with one attached hydrogen (secondary N) is 1. The first-order valence-corrected chi connectivity index (χ1v) is 5.60. The largest absolute Gasteiger partial charge is 0.451 e. The van der Waals surface area contributed by atoms with Crippen molar-refractivity contribution < 1.29 is 13.2 Å². The Morgan fingerprint density at radius 2 is 2.05 bits per heavy atom. The summed E-state index contributed by atoms with van der Waals surface area (Å²) in [6.45, 7) is 1.72. The smallest absolute Gasteiger partial charge is 0.304 e. The fourth-order valence-corrected chi connectivity index (χ4v) is 1.89. The molecular formula is C11H7BF3N5. The minimum Gasteiger partial charge on any atom is -0.304 e. The Balaban J connectivity index is 2.15. The van der Waals surface area contributed by atoms with Gasteiger partial charge < -0.3 is 4.40 Å². The van der Waals surface area contributed by atoms with Crippen LogP contribution in [0.5, 0.6) is 0 Å². The van der Waals surface area contributed by atoms with Crippen molar-refractivity contribution in [3.63, 3.8) is 0 Å². The van der Waals surface area contributed by atoms with E-state index in [0.717, 1.165) is 0 Å². The number of aromatic nitrogens is 5. The Bertz CT molecular complexity index is 789. The monoisotopic (exact) mass is 277 g/mol. The van der Waals surface area contributed by atoms with Gasteiger partial charge in [0.2, 0.25) is 11.6 Å². The van der Waals surface area contributed by atoms with E-state index in [1.165, 1.54) is 0 Å². The lowest BCUT2D eigenvalue weighted by molar-refractivity contribution is -0.144. The van der Waals surface area contributed by atoms with Crippen molar-refractivity contribution in [1.82, 2.24) is 24.6 Å². The molecule has 0 saturated heterocycles. The molecule has 0 aliphatic heterocycles. The number of alkyl halides is 3. The van der Waals surface area contributed by atoms with Crippen LogP contribution in [0, 0.1) is 6.92 Å². The number of pyridine rings is 1. The van der Waals surface area contributed by atoms with E-state index >= 15 is 0 Å². The second-order valence-electron chi connectivity index (χ2n) is 4.24. The molecule has 0 aliphatic carbocycles. The quantitative estimate of drug-likeness (QED) is 0.681. The Labute approximate surface area is 112 Å². The lowest BCUT2D eigenvalue weighted by Gasteiger charge is -1.98. The predicted molar refractivity (Wildman–Crippen MR) is 65.7 cm³/mol. The van der Waals surface area contributed by atoms with Crippen LogP contribution in [0.2, 0.25) is 0 Å². The lowest BCUT2D eigenvalue weighted by Crippen LogP contribution is -2.07. The molecule has 0 bridgehead atoms. The van der Waals surface area contributed by atoms with Crippen molar-refractivity contribution in [3.8, 4) is 11.5 Å². The number of aryl methyl sites for hydroxylation is 1. The van der Waals surface area contributed by atoms with Gasteiger partial charge in [0.05, 0.1) is 5.69 Å². The van der Waals surface area contributed by atoms with Crippen LogP contribution in [0.1, 0.15) is 11.5 Å². The molecule has 0 aromatic carbocycles. The molecule has 0 unspecified atom stereocenters. The number of nitrogens with zero attached hydrogens (tertiary/aromatic N) is 4. The maximum Gasteiger partial charge on any atom is 0.451 e. The van der Waals surface area contributed by atoms with E-state index in [-0.39, 0.29) is 11.5 Å². The predicted octanol–water partition coefficient (Wildman–Crippen LogP) is 1.24. The third-order valence-corrected chi connectivity index (χ3v) is 2.85. The highest BCUT2D eigenvalue weighted by Gasteiger charge is 2.35. The zero-order chi connectivity index (χ0) is 14.5. The van der Waals surface area contributed by atoms with Crippen LogP contribution in [0.15, 0.2) is 18.3 Å². The van der Waals surface area contributed by atoms with Crippen LogP contribution in [-0.2, 0) is 6.18 Å². The lowest BCUT2D eigenvalue weighted by atomic mass is 9.98. The van der Waals surface area contributed by atoms with Crippen LogP contribution < -0.4 is 5.46 Å². The van der Waals surface area contributed by atoms with E-state index in [1.54, 1.807) is 29.7 Å². The highest BCUT2D eigenvalue weighted by Crippen LogP contribution is 2.28. The molecule has 0 amide bonds. The number of imidazole rings is 1. The summed E-state index contributed by atoms with van der Waals surface area (Å²) in [4.78, 5) is 7.64. The average Bonchev–Trinajstić information content (AvgIpc) is 2.93. The van der Waals surface area contributed by atoms with Gasteiger partial charge in [0.25, 0.3) is 0 Å². The number of H-pyrrole nitrogens is 1. The van der Waals surface area contributed by atoms with Crippen LogP contribution in [0.4, 0.5) is 13.2 Å². The molecule has 1 N–H and O–H groups in total. The molecule has 2 radical (unpaired) electrons. The van der Waals surface area contributed by atoms with E-state index in [9.17, 15) is 13.2 Å². The molecule has 0 saturated carbocycles. The summed E-state index contributed by atoms with van der Waals surface area (Å²) < 4.78 is 39.2. The maximum atomic E-state index is 12.5. The first-order valence-electron chi connectivity index (χ1n) is 5.60. The molecule has 0 fully saturated rings. The normalized spacial score (nSPS) is 12.2. The Morgan fingerprint density at radius 3 is 2.70 bits per heavy atom. The van der Waals surface area contributed by atoms with Gasteiger partial charge in [-0.15, -0.1) is 0 Å². The molecule has 3 rings (SSSR count). The van der Waals surface area contributed by atoms with Gasteiger partial charge in [-0.2, -0.15) is 18.3 Å². The van der Waals surface area contributed by atoms with E-state index in [4.69, 9.17) is 7.85 Å². The average molecular weight is 277 g/mol. The molecular weight excluding hydrogens is 270 g/mol. The summed E-state index contributed by atoms with van der Waals surface area (Å²) in [5, 5.41) is 5.44. The van der Waals surface area contributed by atoms with Gasteiger partial charge in [-0.05, 0) is 13.0 Å². The van der Waals surface area contributed by atoms with E-state index in [1.807, 2.05) is 5.10 Å². The molecule has 20 heavy (non-hydrogen) atoms. The standard InChI is InChI=1S/C11H7BF3N5/c1-5-8(9-17-10(19-18-9)11(13,14)15)16-7-4-6(12)2-3-20(5)7/h2-4H,1H3,(H,17,18,19). The molecule has 0 aliphatic rings. The van der Waals surface area contributed by atoms with Crippen molar-refractivity contribution in [2.45, 2.75) is 13.1 Å². The summed E-state index contributed by atoms with van der Waals surface area (Å²) in [5.74, 6) is -1.25. The van der Waals surface area contributed by atoms with Crippen LogP contribution in [-0.4, -0.2) is 32.4 Å². The van der Waals surface area contributed by atoms with Gasteiger partial charge >= 0.3 is 6.18 Å². The number of hydrogen-bond acceptors (Lipinski definition) is 3. The van der Waals surface area contributed by atoms with Crippen LogP contribution in [0.25, 0.3) is 17.2 Å². The minimum atomic E-state index is -4.57. The van der Waals surface area contributed by atoms with Crippen molar-refractivity contribution in [1.29, 1.82) is 0 Å². The summed E-state index contributed by atoms with van der Waals surface area (Å²) in [5.41, 5.74) is 1.95. The number of fused-ring (bicyclic) bond motifs is 1. The zero-order valence-corrected chi connectivity index (χ0v) is 10.2. The van der Waals surface area contributed by atoms with Gasteiger partial charge in [-0.1, -0.05) is 11.5 Å². The second kappa shape index (κ2) is 4.09. The molecule has 0 atom stereocenters. The van der Waals surface area contributed by atoms with E-state index in [0.29, 0.717) is 16.8 Å². The first kappa shape index (κ1) is 12.7. The van der Waals surface area contributed by atoms with Crippen LogP contribution in [0.3, 0.4) is 0 Å². The Morgan fingerprint density at radius 1 is 1.30 bits per heavy atom. The molecule has 0 spiro atoms. The Hall–Kier alpha value is -2.32. The summed E-state index contributed by atoms with van der Waals surface area (Å²) in [6, 6.07) is 3.29. The molecule has 5 nitrogen and oxygen atoms in total. The molecule has 3 aromatic rings. The second-order valence-corrected chi connectivity index (χ2v) is 4.24. The third-order valence-electron chi connectivity index (χ3n) is 2.85. The maximum absolute atomic E-state index is 12.5. The fraction of sp³-hybridized carbons (Fsp3) is 0.182. The van der Waals surface area contributed by atoms with E-state index < -0.39 is 12.0 Å². The van der Waals surface area contributed by atoms with Gasteiger partial charge in [0.15, 0.2) is 0 Å². The Kier molecular flexibility index (Phi) is 2.60. The molecule has 9 heteroatoms. The molecule has 100 valence electrons. The summed E-state index contributed by atoms with van der Waals surface area (Å²) in [7, 11) is 5.64. The topological polar surface area (TPSA) is 58.9 Å². The van der Waals surface area contributed by atoms with Gasteiger partial charge in [0, 0.05) is 6.20 Å². The van der Waals surface area contributed by atoms with Gasteiger partial charge in [0.1, 0.15) is 19.2 Å². The van der Waals surface area contributed by atoms with Gasteiger partial charge in [-0.25, -0.2) is 9.97 Å². The molecule has 3 heterocycles. The first-order chi connectivity index (χ1) is 9.36. The third kappa shape index (κ3) is 1.95. The van der Waals surface area contributed by atoms with Crippen molar-refractivity contribution in [3.05, 3.63) is 29.8 Å².